The summed E-state index contributed by atoms with van der Waals surface area (Å²) in [6.07, 6.45) is 1.23. The average molecular weight is 308 g/mol. The van der Waals surface area contributed by atoms with Gasteiger partial charge in [0.1, 0.15) is 11.4 Å². The molecule has 0 aromatic carbocycles. The van der Waals surface area contributed by atoms with Crippen LogP contribution in [0, 0.1) is 19.8 Å². The summed E-state index contributed by atoms with van der Waals surface area (Å²) in [6, 6.07) is 0. The molecule has 2 heterocycles. The molecule has 0 spiro atoms. The summed E-state index contributed by atoms with van der Waals surface area (Å²) < 4.78 is 5.84. The summed E-state index contributed by atoms with van der Waals surface area (Å²) in [7, 11) is 0. The Kier molecular flexibility index (Phi) is 5.13. The molecule has 21 heavy (non-hydrogen) atoms. The van der Waals surface area contributed by atoms with Crippen LogP contribution in [0.4, 0.5) is 5.82 Å². The first-order valence-electron chi connectivity index (χ1n) is 7.27. The van der Waals surface area contributed by atoms with Crippen LogP contribution in [-0.4, -0.2) is 16.1 Å². The van der Waals surface area contributed by atoms with E-state index in [2.05, 4.69) is 50.0 Å². The highest BCUT2D eigenvalue weighted by molar-refractivity contribution is 7.18. The first-order valence-corrected chi connectivity index (χ1v) is 8.08. The van der Waals surface area contributed by atoms with Gasteiger partial charge in [-0.2, -0.15) is 0 Å². The molecule has 1 atom stereocenters. The van der Waals surface area contributed by atoms with Gasteiger partial charge >= 0.3 is 0 Å². The van der Waals surface area contributed by atoms with E-state index in [0.29, 0.717) is 24.2 Å². The first kappa shape index (κ1) is 16.1. The van der Waals surface area contributed by atoms with E-state index in [1.807, 2.05) is 0 Å². The predicted molar refractivity (Wildman–Crippen MR) is 88.4 cm³/mol. The molecule has 0 saturated carbocycles. The van der Waals surface area contributed by atoms with Crippen LogP contribution in [0.15, 0.2) is 0 Å². The van der Waals surface area contributed by atoms with Crippen LogP contribution in [-0.2, 0) is 11.3 Å². The zero-order chi connectivity index (χ0) is 15.6. The van der Waals surface area contributed by atoms with Crippen molar-refractivity contribution < 1.29 is 4.74 Å². The maximum Gasteiger partial charge on any atom is 0.158 e. The maximum atomic E-state index is 5.84. The third-order valence-electron chi connectivity index (χ3n) is 3.51. The van der Waals surface area contributed by atoms with Crippen molar-refractivity contribution in [2.24, 2.45) is 11.8 Å². The lowest BCUT2D eigenvalue weighted by Crippen LogP contribution is -2.14. The maximum absolute atomic E-state index is 5.84. The molecular formula is C15H24N4OS. The SMILES string of the molecule is Cc1sc2nc(COC(C)CC(C)C)nc(NN)c2c1C. The smallest absolute Gasteiger partial charge is 0.158 e. The molecule has 116 valence electrons. The molecule has 0 radical (unpaired) electrons. The number of thiophene rings is 1. The van der Waals surface area contributed by atoms with Gasteiger partial charge in [-0.1, -0.05) is 13.8 Å². The molecule has 6 heteroatoms. The van der Waals surface area contributed by atoms with Gasteiger partial charge in [-0.15, -0.1) is 11.3 Å². The van der Waals surface area contributed by atoms with Gasteiger partial charge in [-0.25, -0.2) is 15.8 Å². The first-order chi connectivity index (χ1) is 9.92. The standard InChI is InChI=1S/C15H24N4OS/c1-8(2)6-9(3)20-7-12-17-14(19-16)13-10(4)11(5)21-15(13)18-12/h8-9H,6-7,16H2,1-5H3,(H,17,18,19). The van der Waals surface area contributed by atoms with Crippen LogP contribution in [0.1, 0.15) is 43.5 Å². The minimum atomic E-state index is 0.199. The molecule has 2 aromatic heterocycles. The van der Waals surface area contributed by atoms with E-state index in [1.54, 1.807) is 11.3 Å². The van der Waals surface area contributed by atoms with Crippen LogP contribution >= 0.6 is 11.3 Å². The van der Waals surface area contributed by atoms with Gasteiger partial charge in [0.25, 0.3) is 0 Å². The third kappa shape index (κ3) is 3.70. The second-order valence-corrected chi connectivity index (χ2v) is 7.05. The van der Waals surface area contributed by atoms with Crippen LogP contribution in [0.25, 0.3) is 10.2 Å². The van der Waals surface area contributed by atoms with Crippen LogP contribution in [0.5, 0.6) is 0 Å². The van der Waals surface area contributed by atoms with Gasteiger partial charge < -0.3 is 10.2 Å². The quantitative estimate of drug-likeness (QED) is 0.630. The molecule has 3 N–H and O–H groups in total. The number of ether oxygens (including phenoxy) is 1. The zero-order valence-corrected chi connectivity index (χ0v) is 14.2. The van der Waals surface area contributed by atoms with Crippen molar-refractivity contribution in [2.75, 3.05) is 5.43 Å². The van der Waals surface area contributed by atoms with Crippen molar-refractivity contribution in [3.8, 4) is 0 Å². The number of hydrazine groups is 1. The van der Waals surface area contributed by atoms with Crippen molar-refractivity contribution in [2.45, 2.75) is 53.8 Å². The molecule has 0 aliphatic rings. The number of hydrogen-bond donors (Lipinski definition) is 2. The lowest BCUT2D eigenvalue weighted by atomic mass is 10.1. The van der Waals surface area contributed by atoms with Crippen LogP contribution in [0.3, 0.4) is 0 Å². The van der Waals surface area contributed by atoms with Gasteiger partial charge in [-0.3, -0.25) is 0 Å². The Morgan fingerprint density at radius 1 is 1.24 bits per heavy atom. The number of anilines is 1. The molecule has 0 bridgehead atoms. The molecule has 0 fully saturated rings. The largest absolute Gasteiger partial charge is 0.371 e. The van der Waals surface area contributed by atoms with E-state index in [0.717, 1.165) is 16.6 Å². The third-order valence-corrected chi connectivity index (χ3v) is 4.61. The van der Waals surface area contributed by atoms with Gasteiger partial charge in [0, 0.05) is 4.88 Å². The molecule has 5 nitrogen and oxygen atoms in total. The molecule has 1 unspecified atom stereocenters. The second-order valence-electron chi connectivity index (χ2n) is 5.85. The molecule has 0 amide bonds. The number of nitrogens with zero attached hydrogens (tertiary/aromatic N) is 2. The predicted octanol–water partition coefficient (Wildman–Crippen LogP) is 3.54. The molecule has 2 aromatic rings. The van der Waals surface area contributed by atoms with Gasteiger partial charge in [0.15, 0.2) is 11.6 Å². The Morgan fingerprint density at radius 3 is 2.57 bits per heavy atom. The fraction of sp³-hybridized carbons (Fsp3) is 0.600. The second kappa shape index (κ2) is 6.68. The molecular weight excluding hydrogens is 284 g/mol. The Hall–Kier alpha value is -1.24. The fourth-order valence-electron chi connectivity index (χ4n) is 2.41. The minimum Gasteiger partial charge on any atom is -0.371 e. The fourth-order valence-corrected chi connectivity index (χ4v) is 3.46. The number of nitrogens with one attached hydrogen (secondary N) is 1. The van der Waals surface area contributed by atoms with E-state index in [-0.39, 0.29) is 6.10 Å². The van der Waals surface area contributed by atoms with Crippen LogP contribution in [0.2, 0.25) is 0 Å². The van der Waals surface area contributed by atoms with E-state index < -0.39 is 0 Å². The number of rotatable bonds is 6. The number of aryl methyl sites for hydroxylation is 2. The number of aromatic nitrogens is 2. The van der Waals surface area contributed by atoms with E-state index in [4.69, 9.17) is 10.6 Å². The van der Waals surface area contributed by atoms with Crippen molar-refractivity contribution in [3.63, 3.8) is 0 Å². The molecule has 0 aliphatic heterocycles. The highest BCUT2D eigenvalue weighted by Crippen LogP contribution is 2.32. The summed E-state index contributed by atoms with van der Waals surface area (Å²) in [5.74, 6) is 7.58. The van der Waals surface area contributed by atoms with Crippen molar-refractivity contribution >= 4 is 27.4 Å². The number of fused-ring (bicyclic) bond motifs is 1. The molecule has 2 rings (SSSR count). The normalized spacial score (nSPS) is 13.1. The number of nitrogens with two attached hydrogens (primary N) is 1. The van der Waals surface area contributed by atoms with E-state index in [1.165, 1.54) is 10.4 Å². The Labute approximate surface area is 129 Å². The zero-order valence-electron chi connectivity index (χ0n) is 13.4. The molecule has 0 saturated heterocycles. The van der Waals surface area contributed by atoms with Crippen LogP contribution < -0.4 is 11.3 Å². The summed E-state index contributed by atoms with van der Waals surface area (Å²) in [5, 5.41) is 1.01. The minimum absolute atomic E-state index is 0.199. The summed E-state index contributed by atoms with van der Waals surface area (Å²) >= 11 is 1.67. The summed E-state index contributed by atoms with van der Waals surface area (Å²) in [6.45, 7) is 11.0. The number of hydrogen-bond acceptors (Lipinski definition) is 6. The van der Waals surface area contributed by atoms with Gasteiger partial charge in [0.05, 0.1) is 11.5 Å². The number of nitrogen functional groups attached to an aromatic ring is 1. The van der Waals surface area contributed by atoms with E-state index in [9.17, 15) is 0 Å². The monoisotopic (exact) mass is 308 g/mol. The van der Waals surface area contributed by atoms with Crippen molar-refractivity contribution in [1.82, 2.24) is 9.97 Å². The highest BCUT2D eigenvalue weighted by atomic mass is 32.1. The summed E-state index contributed by atoms with van der Waals surface area (Å²) in [4.78, 5) is 11.3. The summed E-state index contributed by atoms with van der Waals surface area (Å²) in [5.41, 5.74) is 3.87. The molecule has 0 aliphatic carbocycles. The van der Waals surface area contributed by atoms with Crippen molar-refractivity contribution in [3.05, 3.63) is 16.3 Å². The van der Waals surface area contributed by atoms with E-state index >= 15 is 0 Å². The van der Waals surface area contributed by atoms with Gasteiger partial charge in [0.2, 0.25) is 0 Å². The van der Waals surface area contributed by atoms with Crippen molar-refractivity contribution in [1.29, 1.82) is 0 Å². The lowest BCUT2D eigenvalue weighted by Gasteiger charge is -2.15. The lowest BCUT2D eigenvalue weighted by molar-refractivity contribution is 0.0361. The Balaban J connectivity index is 2.21. The topological polar surface area (TPSA) is 73.1 Å². The Morgan fingerprint density at radius 2 is 1.95 bits per heavy atom. The van der Waals surface area contributed by atoms with Gasteiger partial charge in [-0.05, 0) is 38.7 Å². The average Bonchev–Trinajstić information content (AvgIpc) is 2.70. The Bertz CT molecular complexity index is 624. The highest BCUT2D eigenvalue weighted by Gasteiger charge is 2.15.